The van der Waals surface area contributed by atoms with Crippen LogP contribution in [0, 0.1) is 10.1 Å². The second kappa shape index (κ2) is 13.8. The molecule has 1 aliphatic rings. The van der Waals surface area contributed by atoms with E-state index in [9.17, 15) is 24.8 Å². The Morgan fingerprint density at radius 1 is 1.23 bits per heavy atom. The van der Waals surface area contributed by atoms with Crippen molar-refractivity contribution < 1.29 is 38.2 Å². The molecule has 4 N–H and O–H groups in total. The van der Waals surface area contributed by atoms with E-state index in [1.54, 1.807) is 50.2 Å². The number of hydrogen-bond acceptors (Lipinski definition) is 11. The maximum absolute atomic E-state index is 12.4. The van der Waals surface area contributed by atoms with Crippen LogP contribution in [0.2, 0.25) is 0 Å². The second-order valence-corrected chi connectivity index (χ2v) is 9.89. The van der Waals surface area contributed by atoms with Gasteiger partial charge in [-0.1, -0.05) is 6.07 Å². The number of carbonyl (C=O) groups is 2. The van der Waals surface area contributed by atoms with E-state index in [0.29, 0.717) is 50.9 Å². The number of esters is 1. The summed E-state index contributed by atoms with van der Waals surface area (Å²) in [6.45, 7) is 3.51. The van der Waals surface area contributed by atoms with Crippen molar-refractivity contribution in [3.05, 3.63) is 85.7 Å². The Hall–Kier alpha value is -4.89. The summed E-state index contributed by atoms with van der Waals surface area (Å²) < 4.78 is 22.6. The lowest BCUT2D eigenvalue weighted by Gasteiger charge is -2.28. The number of methoxy groups -OCH3 is 1. The lowest BCUT2D eigenvalue weighted by atomic mass is 9.95. The third-order valence-corrected chi connectivity index (χ3v) is 6.80. The number of carbonyl (C=O) groups excluding carboxylic acids is 2. The van der Waals surface area contributed by atoms with Crippen molar-refractivity contribution in [2.75, 3.05) is 20.3 Å². The van der Waals surface area contributed by atoms with E-state index in [0.717, 1.165) is 0 Å². The zero-order valence-corrected chi connectivity index (χ0v) is 24.8. The smallest absolute Gasteiger partial charge is 0.337 e. The summed E-state index contributed by atoms with van der Waals surface area (Å²) in [5, 5.41) is 30.6. The number of aliphatic hydroxyl groups excluding tert-OH is 1. The van der Waals surface area contributed by atoms with Crippen LogP contribution < -0.4 is 25.5 Å². The number of nitrogens with one attached hydrogen (secondary N) is 3. The van der Waals surface area contributed by atoms with Gasteiger partial charge in [-0.2, -0.15) is 5.10 Å². The molecule has 226 valence electrons. The van der Waals surface area contributed by atoms with Crippen LogP contribution in [-0.2, 0) is 9.53 Å². The number of furan rings is 1. The molecule has 1 aromatic heterocycles. The highest BCUT2D eigenvalue weighted by Crippen LogP contribution is 2.35. The molecule has 14 nitrogen and oxygen atoms in total. The number of nitro benzene ring substituents is 1. The monoisotopic (exact) mass is 657 g/mol. The minimum absolute atomic E-state index is 0.0519. The lowest BCUT2D eigenvalue weighted by molar-refractivity contribution is -0.384. The standard InChI is InChI=1S/C28H28BrN5O9/c1-4-41-23-11-16(26-25(27(36)40-3)15(2)31-28(37)32-26)5-9-22(23)42-14-24(35)33-30-13-18-7-10-21(43-18)19-8-6-17(34(38)39)12-20(19)29/h5-13,24,26,33,35H,4,14H2,1-3H3,(H2,31,32,37)/b30-13+/t24-,26-/m0/s1. The van der Waals surface area contributed by atoms with E-state index < -0.39 is 29.2 Å². The van der Waals surface area contributed by atoms with E-state index in [1.807, 2.05) is 0 Å². The summed E-state index contributed by atoms with van der Waals surface area (Å²) in [6, 6.07) is 11.3. The minimum atomic E-state index is -1.20. The van der Waals surface area contributed by atoms with Crippen LogP contribution in [-0.4, -0.2) is 54.8 Å². The van der Waals surface area contributed by atoms with Crippen molar-refractivity contribution >= 4 is 39.8 Å². The normalized spacial score (nSPS) is 15.5. The molecule has 43 heavy (non-hydrogen) atoms. The Kier molecular flexibility index (Phi) is 10.0. The van der Waals surface area contributed by atoms with E-state index in [2.05, 4.69) is 37.1 Å². The van der Waals surface area contributed by atoms with Gasteiger partial charge < -0.3 is 34.4 Å². The van der Waals surface area contributed by atoms with Crippen LogP contribution >= 0.6 is 15.9 Å². The quantitative estimate of drug-likeness (QED) is 0.0725. The number of ether oxygens (including phenoxy) is 3. The summed E-state index contributed by atoms with van der Waals surface area (Å²) >= 11 is 3.32. The molecule has 0 bridgehead atoms. The molecule has 0 fully saturated rings. The number of benzene rings is 2. The zero-order valence-electron chi connectivity index (χ0n) is 23.3. The minimum Gasteiger partial charge on any atom is -0.490 e. The number of allylic oxidation sites excluding steroid dienone is 1. The van der Waals surface area contributed by atoms with Gasteiger partial charge in [-0.15, -0.1) is 0 Å². The number of non-ortho nitro benzene ring substituents is 1. The van der Waals surface area contributed by atoms with Crippen LogP contribution in [0.4, 0.5) is 10.5 Å². The molecule has 0 radical (unpaired) electrons. The first kappa shape index (κ1) is 31.1. The third kappa shape index (κ3) is 7.50. The molecular weight excluding hydrogens is 630 g/mol. The van der Waals surface area contributed by atoms with Crippen LogP contribution in [0.3, 0.4) is 0 Å². The summed E-state index contributed by atoms with van der Waals surface area (Å²) in [4.78, 5) is 35.0. The Morgan fingerprint density at radius 2 is 2.02 bits per heavy atom. The molecule has 1 aliphatic heterocycles. The summed E-state index contributed by atoms with van der Waals surface area (Å²) in [5.41, 5.74) is 4.29. The number of aliphatic hydroxyl groups is 1. The van der Waals surface area contributed by atoms with Crippen molar-refractivity contribution in [2.45, 2.75) is 26.1 Å². The van der Waals surface area contributed by atoms with Gasteiger partial charge in [0, 0.05) is 27.9 Å². The van der Waals surface area contributed by atoms with Crippen molar-refractivity contribution in [1.29, 1.82) is 0 Å². The highest BCUT2D eigenvalue weighted by molar-refractivity contribution is 9.10. The molecule has 0 saturated carbocycles. The van der Waals surface area contributed by atoms with Crippen molar-refractivity contribution in [3.63, 3.8) is 0 Å². The van der Waals surface area contributed by atoms with Gasteiger partial charge >= 0.3 is 12.0 Å². The zero-order chi connectivity index (χ0) is 31.1. The number of nitrogens with zero attached hydrogens (tertiary/aromatic N) is 2. The van der Waals surface area contributed by atoms with Crippen LogP contribution in [0.1, 0.15) is 31.2 Å². The fraction of sp³-hybridized carbons (Fsp3) is 0.250. The third-order valence-electron chi connectivity index (χ3n) is 6.14. The molecule has 2 heterocycles. The summed E-state index contributed by atoms with van der Waals surface area (Å²) in [6.07, 6.45) is 0.151. The molecular formula is C28H28BrN5O9. The van der Waals surface area contributed by atoms with Crippen molar-refractivity contribution in [3.8, 4) is 22.8 Å². The Balaban J connectivity index is 1.39. The van der Waals surface area contributed by atoms with Crippen LogP contribution in [0.15, 0.2) is 73.8 Å². The van der Waals surface area contributed by atoms with Gasteiger partial charge in [-0.05, 0) is 65.7 Å². The number of halogens is 1. The average molecular weight is 658 g/mol. The number of hydrazone groups is 1. The van der Waals surface area contributed by atoms with Crippen LogP contribution in [0.25, 0.3) is 11.3 Å². The van der Waals surface area contributed by atoms with Gasteiger partial charge in [0.25, 0.3) is 5.69 Å². The molecule has 15 heteroatoms. The Morgan fingerprint density at radius 3 is 2.72 bits per heavy atom. The Labute approximate surface area is 254 Å². The van der Waals surface area contributed by atoms with E-state index in [4.69, 9.17) is 18.6 Å². The number of nitro groups is 1. The Bertz CT molecular complexity index is 1590. The van der Waals surface area contributed by atoms with Gasteiger partial charge in [-0.3, -0.25) is 15.5 Å². The molecule has 4 rings (SSSR count). The molecule has 0 unspecified atom stereocenters. The number of hydrogen-bond donors (Lipinski definition) is 4. The predicted octanol–water partition coefficient (Wildman–Crippen LogP) is 4.14. The largest absolute Gasteiger partial charge is 0.490 e. The molecule has 3 aromatic rings. The number of rotatable bonds is 12. The lowest BCUT2D eigenvalue weighted by Crippen LogP contribution is -2.45. The average Bonchev–Trinajstić information content (AvgIpc) is 3.44. The SMILES string of the molecule is CCOc1cc([C@@H]2NC(=O)NC(C)=C2C(=O)OC)ccc1OC[C@H](O)N/N=C/c1ccc(-c2ccc([N+](=O)[O-])cc2Br)o1. The fourth-order valence-electron chi connectivity index (χ4n) is 4.19. The molecule has 2 atom stereocenters. The predicted molar refractivity (Wildman–Crippen MR) is 157 cm³/mol. The fourth-order valence-corrected chi connectivity index (χ4v) is 4.76. The van der Waals surface area contributed by atoms with Gasteiger partial charge in [0.15, 0.2) is 17.7 Å². The van der Waals surface area contributed by atoms with Crippen molar-refractivity contribution in [1.82, 2.24) is 16.1 Å². The molecule has 0 aliphatic carbocycles. The summed E-state index contributed by atoms with van der Waals surface area (Å²) in [5.74, 6) is 0.905. The maximum atomic E-state index is 12.4. The van der Waals surface area contributed by atoms with E-state index >= 15 is 0 Å². The summed E-state index contributed by atoms with van der Waals surface area (Å²) in [7, 11) is 1.26. The van der Waals surface area contributed by atoms with Gasteiger partial charge in [0.05, 0.1) is 36.5 Å². The highest BCUT2D eigenvalue weighted by atomic mass is 79.9. The molecule has 0 saturated heterocycles. The van der Waals surface area contributed by atoms with Gasteiger partial charge in [0.1, 0.15) is 18.1 Å². The molecule has 0 spiro atoms. The van der Waals surface area contributed by atoms with Gasteiger partial charge in [-0.25, -0.2) is 9.59 Å². The molecule has 2 aromatic carbocycles. The maximum Gasteiger partial charge on any atom is 0.337 e. The topological polar surface area (TPSA) is 187 Å². The number of amides is 2. The van der Waals surface area contributed by atoms with Crippen LogP contribution in [0.5, 0.6) is 11.5 Å². The van der Waals surface area contributed by atoms with Gasteiger partial charge in [0.2, 0.25) is 0 Å². The van der Waals surface area contributed by atoms with Crippen molar-refractivity contribution in [2.24, 2.45) is 5.10 Å². The first-order valence-electron chi connectivity index (χ1n) is 12.9. The first-order valence-corrected chi connectivity index (χ1v) is 13.7. The van der Waals surface area contributed by atoms with E-state index in [1.165, 1.54) is 25.5 Å². The van der Waals surface area contributed by atoms with E-state index in [-0.39, 0.29) is 17.9 Å². The second-order valence-electron chi connectivity index (χ2n) is 9.04. The molecule has 2 amide bonds. The first-order chi connectivity index (χ1) is 20.6. The highest BCUT2D eigenvalue weighted by Gasteiger charge is 2.32. The number of urea groups is 1.